The molecule has 7 atom stereocenters. The minimum atomic E-state index is -1.37. The summed E-state index contributed by atoms with van der Waals surface area (Å²) in [5.74, 6) is -3.30. The second-order valence-electron chi connectivity index (χ2n) is 10.4. The number of nitrogens with one attached hydrogen (secondary N) is 1. The highest BCUT2D eigenvalue weighted by Crippen LogP contribution is 2.53. The Morgan fingerprint density at radius 3 is 2.68 bits per heavy atom. The van der Waals surface area contributed by atoms with Gasteiger partial charge >= 0.3 is 5.97 Å². The molecule has 10 heteroatoms. The Labute approximate surface area is 218 Å². The van der Waals surface area contributed by atoms with E-state index >= 15 is 0 Å². The van der Waals surface area contributed by atoms with Crippen molar-refractivity contribution in [2.45, 2.75) is 82.8 Å². The van der Waals surface area contributed by atoms with Gasteiger partial charge in [0.25, 0.3) is 0 Å². The minimum absolute atomic E-state index is 0.141. The summed E-state index contributed by atoms with van der Waals surface area (Å²) in [5, 5.41) is 12.9. The number of nitrogens with zero attached hydrogens (tertiary/aromatic N) is 2. The summed E-state index contributed by atoms with van der Waals surface area (Å²) in [7, 11) is 0. The van der Waals surface area contributed by atoms with Crippen LogP contribution in [0.15, 0.2) is 24.3 Å². The summed E-state index contributed by atoms with van der Waals surface area (Å²) < 4.78 is 12.3. The van der Waals surface area contributed by atoms with Crippen LogP contribution in [0, 0.1) is 11.8 Å². The second kappa shape index (κ2) is 11.3. The Hall–Kier alpha value is -2.72. The van der Waals surface area contributed by atoms with E-state index in [0.29, 0.717) is 25.9 Å². The van der Waals surface area contributed by atoms with Crippen LogP contribution in [-0.2, 0) is 28.7 Å². The van der Waals surface area contributed by atoms with Crippen LogP contribution in [-0.4, -0.2) is 94.7 Å². The number of aliphatic hydroxyl groups excluding tert-OH is 1. The molecule has 0 aromatic heterocycles. The molecule has 4 aliphatic rings. The number of fused-ring (bicyclic) bond motifs is 2. The van der Waals surface area contributed by atoms with E-state index in [0.717, 1.165) is 12.8 Å². The molecule has 0 aromatic rings. The number of cyclic esters (lactones) is 1. The van der Waals surface area contributed by atoms with Crippen molar-refractivity contribution in [2.24, 2.45) is 11.8 Å². The van der Waals surface area contributed by atoms with Gasteiger partial charge < -0.3 is 29.7 Å². The fourth-order valence-electron chi connectivity index (χ4n) is 6.01. The molecule has 4 aliphatic heterocycles. The van der Waals surface area contributed by atoms with Gasteiger partial charge in [-0.3, -0.25) is 19.2 Å². The van der Waals surface area contributed by atoms with Gasteiger partial charge in [0.2, 0.25) is 17.7 Å². The monoisotopic (exact) mass is 517 g/mol. The van der Waals surface area contributed by atoms with E-state index in [1.165, 1.54) is 4.90 Å². The van der Waals surface area contributed by atoms with Gasteiger partial charge in [0, 0.05) is 19.5 Å². The minimum Gasteiger partial charge on any atom is -0.460 e. The van der Waals surface area contributed by atoms with Crippen LogP contribution in [0.1, 0.15) is 52.9 Å². The van der Waals surface area contributed by atoms with E-state index < -0.39 is 47.7 Å². The molecule has 0 aliphatic carbocycles. The Morgan fingerprint density at radius 1 is 1.19 bits per heavy atom. The Bertz CT molecular complexity index is 962. The lowest BCUT2D eigenvalue weighted by Gasteiger charge is -2.38. The van der Waals surface area contributed by atoms with E-state index in [1.54, 1.807) is 30.1 Å². The highest BCUT2D eigenvalue weighted by molar-refractivity contribution is 5.99. The number of rotatable bonds is 6. The summed E-state index contributed by atoms with van der Waals surface area (Å²) in [5.41, 5.74) is -1.37. The molecule has 1 spiro atoms. The van der Waals surface area contributed by atoms with Crippen molar-refractivity contribution >= 4 is 23.7 Å². The molecule has 204 valence electrons. The number of carbonyl (C=O) groups is 4. The van der Waals surface area contributed by atoms with Crippen molar-refractivity contribution in [3.8, 4) is 0 Å². The molecule has 0 bridgehead atoms. The van der Waals surface area contributed by atoms with E-state index in [1.807, 2.05) is 19.9 Å². The summed E-state index contributed by atoms with van der Waals surface area (Å²) in [4.78, 5) is 57.0. The maximum Gasteiger partial charge on any atom is 0.313 e. The molecule has 3 amide bonds. The molecule has 2 N–H and O–H groups in total. The fourth-order valence-corrected chi connectivity index (χ4v) is 6.01. The number of allylic oxidation sites excluding steroid dienone is 1. The van der Waals surface area contributed by atoms with Crippen LogP contribution in [0.5, 0.6) is 0 Å². The zero-order chi connectivity index (χ0) is 26.7. The third-order valence-electron chi connectivity index (χ3n) is 7.91. The van der Waals surface area contributed by atoms with Crippen LogP contribution in [0.4, 0.5) is 0 Å². The fraction of sp³-hybridized carbons (Fsp3) is 0.704. The normalized spacial score (nSPS) is 35.9. The quantitative estimate of drug-likeness (QED) is 0.397. The summed E-state index contributed by atoms with van der Waals surface area (Å²) in [6.45, 7) is 6.38. The standard InChI is InChI=1S/C27H39N3O7/c1-4-6-13-29-14-9-12-27-22(24(33)30(18(5-2)16-31)23(27)25(29)34)21-19(37-27)10-7-8-11-20(32)28-15-17(3)36-26(21)35/h7,9-10,12,17-19,21-23,31H,4-6,8,11,13-16H2,1-3H3,(H,28,32)/b10-7-/t17-,18-,19-,21+,22+,23-,27+/m0/s1. The van der Waals surface area contributed by atoms with E-state index in [9.17, 15) is 24.3 Å². The Kier molecular flexibility index (Phi) is 8.38. The summed E-state index contributed by atoms with van der Waals surface area (Å²) in [6, 6.07) is -1.58. The van der Waals surface area contributed by atoms with Gasteiger partial charge in [-0.2, -0.15) is 0 Å². The SMILES string of the molecule is CCCCN1CC=C[C@@]23O[C@H]4/C=C\CCC(=O)NC[C@H](C)OC(=O)[C@H]4[C@@H]2C(=O)N([C@@H](CC)CO)[C@H]3C1=O. The van der Waals surface area contributed by atoms with Crippen molar-refractivity contribution in [2.75, 3.05) is 26.2 Å². The number of unbranched alkanes of at least 4 members (excludes halogenated alkanes) is 1. The smallest absolute Gasteiger partial charge is 0.313 e. The van der Waals surface area contributed by atoms with Crippen molar-refractivity contribution < 1.29 is 33.8 Å². The van der Waals surface area contributed by atoms with E-state index in [2.05, 4.69) is 5.32 Å². The van der Waals surface area contributed by atoms with Gasteiger partial charge in [-0.1, -0.05) is 44.6 Å². The molecule has 37 heavy (non-hydrogen) atoms. The van der Waals surface area contributed by atoms with Crippen LogP contribution in [0.3, 0.4) is 0 Å². The molecule has 0 radical (unpaired) electrons. The van der Waals surface area contributed by atoms with Crippen molar-refractivity contribution in [3.05, 3.63) is 24.3 Å². The number of hydrogen-bond donors (Lipinski definition) is 2. The number of carbonyl (C=O) groups excluding carboxylic acids is 4. The van der Waals surface area contributed by atoms with Gasteiger partial charge in [0.05, 0.1) is 31.2 Å². The molecule has 4 rings (SSSR count). The molecule has 2 fully saturated rings. The van der Waals surface area contributed by atoms with Gasteiger partial charge in [-0.05, 0) is 26.2 Å². The third-order valence-corrected chi connectivity index (χ3v) is 7.91. The zero-order valence-corrected chi connectivity index (χ0v) is 21.9. The van der Waals surface area contributed by atoms with Crippen molar-refractivity contribution in [1.29, 1.82) is 0 Å². The van der Waals surface area contributed by atoms with Crippen LogP contribution >= 0.6 is 0 Å². The Morgan fingerprint density at radius 2 is 1.97 bits per heavy atom. The highest BCUT2D eigenvalue weighted by atomic mass is 16.6. The molecule has 0 saturated carbocycles. The Balaban J connectivity index is 1.80. The largest absolute Gasteiger partial charge is 0.460 e. The third kappa shape index (κ3) is 4.93. The first-order chi connectivity index (χ1) is 17.8. The number of likely N-dealkylation sites (tertiary alicyclic amines) is 1. The maximum atomic E-state index is 14.1. The molecule has 0 aromatic carbocycles. The van der Waals surface area contributed by atoms with Gasteiger partial charge in [0.15, 0.2) is 0 Å². The van der Waals surface area contributed by atoms with Crippen LogP contribution in [0.25, 0.3) is 0 Å². The second-order valence-corrected chi connectivity index (χ2v) is 10.4. The highest BCUT2D eigenvalue weighted by Gasteiger charge is 2.72. The predicted octanol–water partition coefficient (Wildman–Crippen LogP) is 0.935. The van der Waals surface area contributed by atoms with Crippen LogP contribution in [0.2, 0.25) is 0 Å². The van der Waals surface area contributed by atoms with Gasteiger partial charge in [0.1, 0.15) is 23.7 Å². The van der Waals surface area contributed by atoms with Gasteiger partial charge in [-0.15, -0.1) is 0 Å². The summed E-state index contributed by atoms with van der Waals surface area (Å²) in [6.07, 6.45) is 8.64. The molecule has 10 nitrogen and oxygen atoms in total. The topological polar surface area (TPSA) is 125 Å². The first kappa shape index (κ1) is 27.3. The van der Waals surface area contributed by atoms with Crippen molar-refractivity contribution in [1.82, 2.24) is 15.1 Å². The van der Waals surface area contributed by atoms with Gasteiger partial charge in [-0.25, -0.2) is 0 Å². The molecular weight excluding hydrogens is 478 g/mol. The lowest BCUT2D eigenvalue weighted by atomic mass is 9.78. The number of ether oxygens (including phenoxy) is 2. The molecule has 2 saturated heterocycles. The summed E-state index contributed by atoms with van der Waals surface area (Å²) >= 11 is 0. The number of esters is 1. The average Bonchev–Trinajstić information content (AvgIpc) is 3.26. The molecular formula is C27H39N3O7. The van der Waals surface area contributed by atoms with Crippen molar-refractivity contribution in [3.63, 3.8) is 0 Å². The number of amides is 3. The maximum absolute atomic E-state index is 14.1. The number of hydrogen-bond acceptors (Lipinski definition) is 7. The molecule has 0 unspecified atom stereocenters. The lowest BCUT2D eigenvalue weighted by molar-refractivity contribution is -0.159. The predicted molar refractivity (Wildman–Crippen MR) is 134 cm³/mol. The average molecular weight is 518 g/mol. The van der Waals surface area contributed by atoms with E-state index in [-0.39, 0.29) is 37.3 Å². The first-order valence-electron chi connectivity index (χ1n) is 13.5. The molecule has 4 heterocycles. The van der Waals surface area contributed by atoms with Crippen LogP contribution < -0.4 is 5.32 Å². The zero-order valence-electron chi connectivity index (χ0n) is 21.9. The number of aliphatic hydroxyl groups is 1. The lowest BCUT2D eigenvalue weighted by Crippen LogP contribution is -2.58. The van der Waals surface area contributed by atoms with E-state index in [4.69, 9.17) is 9.47 Å². The first-order valence-corrected chi connectivity index (χ1v) is 13.5.